The highest BCUT2D eigenvalue weighted by molar-refractivity contribution is 7.72. The number of nitrogen functional groups attached to an aromatic ring is 1. The maximum atomic E-state index is 13.9. The number of carbonyl (C=O) groups is 4. The van der Waals surface area contributed by atoms with Gasteiger partial charge in [0.05, 0.1) is 72.7 Å². The highest BCUT2D eigenvalue weighted by Gasteiger charge is 2.60. The van der Waals surface area contributed by atoms with Crippen molar-refractivity contribution in [2.24, 2.45) is 23.7 Å². The van der Waals surface area contributed by atoms with Crippen molar-refractivity contribution in [2.75, 3.05) is 56.8 Å². The number of hydrogen-bond donors (Lipinski definition) is 12. The molecule has 0 bridgehead atoms. The molecule has 0 aliphatic carbocycles. The average Bonchev–Trinajstić information content (AvgIpc) is 1.62. The van der Waals surface area contributed by atoms with Gasteiger partial charge in [-0.2, -0.15) is 0 Å². The van der Waals surface area contributed by atoms with Crippen LogP contribution in [0.4, 0.5) is 5.82 Å². The van der Waals surface area contributed by atoms with E-state index in [-0.39, 0.29) is 96.8 Å². The molecule has 43 nitrogen and oxygen atoms in total. The highest BCUT2D eigenvalue weighted by atomic mass is 32.1. The van der Waals surface area contributed by atoms with E-state index in [2.05, 4.69) is 43.6 Å². The summed E-state index contributed by atoms with van der Waals surface area (Å²) in [7, 11) is -16.4. The van der Waals surface area contributed by atoms with E-state index in [1.807, 2.05) is 0 Å². The van der Waals surface area contributed by atoms with Crippen molar-refractivity contribution in [1.82, 2.24) is 38.2 Å². The van der Waals surface area contributed by atoms with Crippen molar-refractivity contribution in [3.05, 3.63) is 215 Å². The predicted molar refractivity (Wildman–Crippen MR) is 548 cm³/mol. The number of rotatable bonds is 40. The van der Waals surface area contributed by atoms with Gasteiger partial charge in [0, 0.05) is 30.9 Å². The Bertz CT molecular complexity index is 6280. The number of hydrogen-bond acceptors (Lipinski definition) is 41. The fourth-order valence-electron chi connectivity index (χ4n) is 14.5. The molecule has 4 saturated heterocycles. The van der Waals surface area contributed by atoms with E-state index in [1.165, 1.54) is 84.4 Å². The van der Waals surface area contributed by atoms with Gasteiger partial charge < -0.3 is 108 Å². The van der Waals surface area contributed by atoms with Crippen molar-refractivity contribution in [3.8, 4) is 72.4 Å². The van der Waals surface area contributed by atoms with E-state index in [4.69, 9.17) is 167 Å². The number of nitrogens with zero attached hydrogens (tertiary/aromatic N) is 5. The topological polar surface area (TPSA) is 586 Å². The van der Waals surface area contributed by atoms with Gasteiger partial charge in [0.1, 0.15) is 113 Å². The Morgan fingerprint density at radius 2 is 0.622 bits per heavy atom. The number of nitrogens with two attached hydrogens (primary N) is 1. The smallest absolute Gasteiger partial charge is 0.380 e. The molecule has 12 rings (SSSR count). The molecule has 8 aromatic rings. The highest BCUT2D eigenvalue weighted by Crippen LogP contribution is 2.57. The van der Waals surface area contributed by atoms with Crippen LogP contribution in [-0.2, 0) is 93.4 Å². The molecular weight excluding hydrogens is 2110 g/mol. The third-order valence-electron chi connectivity index (χ3n) is 22.0. The van der Waals surface area contributed by atoms with E-state index >= 15 is 0 Å². The minimum Gasteiger partial charge on any atom is -0.463 e. The molecule has 0 radical (unpaired) electrons. The van der Waals surface area contributed by atoms with E-state index in [0.717, 1.165) is 10.6 Å². The number of H-pyrrole nitrogens is 3. The summed E-state index contributed by atoms with van der Waals surface area (Å²) < 4.78 is 150. The molecular formula is C96H117N9O34P4S5. The van der Waals surface area contributed by atoms with Gasteiger partial charge in [0.15, 0.2) is 56.9 Å². The van der Waals surface area contributed by atoms with Crippen LogP contribution in [0.2, 0.25) is 0 Å². The number of carbonyl (C=O) groups excluding carboxylic acids is 4. The van der Waals surface area contributed by atoms with Gasteiger partial charge in [-0.15, -0.1) is 25.7 Å². The van der Waals surface area contributed by atoms with Crippen molar-refractivity contribution in [1.29, 1.82) is 0 Å². The molecule has 8 heterocycles. The average molecular weight is 2230 g/mol. The first-order valence-corrected chi connectivity index (χ1v) is 54.6. The van der Waals surface area contributed by atoms with Crippen molar-refractivity contribution in [2.45, 2.75) is 204 Å². The maximum Gasteiger partial charge on any atom is 0.380 e. The van der Waals surface area contributed by atoms with E-state index < -0.39 is 212 Å². The summed E-state index contributed by atoms with van der Waals surface area (Å²) in [4.78, 5) is 84.9. The van der Waals surface area contributed by atoms with Crippen LogP contribution in [0.5, 0.6) is 23.0 Å². The lowest BCUT2D eigenvalue weighted by Gasteiger charge is -2.29. The quantitative estimate of drug-likeness (QED) is 0.00558. The van der Waals surface area contributed by atoms with Gasteiger partial charge in [-0.1, -0.05) is 149 Å². The molecule has 148 heavy (non-hydrogen) atoms. The lowest BCUT2D eigenvalue weighted by atomic mass is 9.97. The molecule has 13 N–H and O–H groups in total. The number of benzene rings is 4. The first-order valence-electron chi connectivity index (χ1n) is 45.7. The largest absolute Gasteiger partial charge is 0.463 e. The fourth-order valence-corrected chi connectivity index (χ4v) is 23.2. The van der Waals surface area contributed by atoms with Crippen LogP contribution in [0, 0.1) is 96.6 Å². The number of ether oxygens (including phenoxy) is 8. The van der Waals surface area contributed by atoms with Crippen LogP contribution in [0.3, 0.4) is 0 Å². The Morgan fingerprint density at radius 3 is 0.872 bits per heavy atom. The lowest BCUT2D eigenvalue weighted by Crippen LogP contribution is -2.45. The first-order chi connectivity index (χ1) is 69.6. The molecule has 8 unspecified atom stereocenters. The van der Waals surface area contributed by atoms with Crippen molar-refractivity contribution < 1.29 is 152 Å². The summed E-state index contributed by atoms with van der Waals surface area (Å²) in [5, 5.41) is 86.1. The number of aliphatic hydroxyl groups is 8. The fraction of sp³-hybridized carbons (Fsp3) is 0.458. The summed E-state index contributed by atoms with van der Waals surface area (Å²) in [6, 6.07) is 38.3. The first kappa shape index (κ1) is 121. The number of nitrogens with one attached hydrogen (secondary N) is 3. The van der Waals surface area contributed by atoms with E-state index in [1.54, 1.807) is 177 Å². The molecule has 4 aromatic carbocycles. The maximum absolute atomic E-state index is 13.9. The van der Waals surface area contributed by atoms with Gasteiger partial charge in [0.25, 0.3) is 5.56 Å². The molecule has 4 aliphatic rings. The SMILES string of the molecule is C#C[C@]1(COP(=O)(C[C@@H](C)C(=O)OC(C)C)Oc2ccccc2)O[C@@H](n2ccc(=O)[nH]c2=S)C(O)[C@H]1O.C#C[C@]1(COP(=O)(C[C@@H](C)C(=O)OC(C)C)Oc2ccccc2)O[C@@H](n2ccc(=S)[nH]c2=O)C(O)[C@H]1O.C#C[C@]1(COP(=O)(C[C@@H](C)C(=O)OC(C)C)Oc2ccccc2)O[C@@H](n2ccc(=S)[nH]c2=S)C(O)[C@H]1O.C#C[C@]1(COP(=O)(C[C@@H](C)C(=O)OC(C)C)Oc2ccccc2)O[C@@H](n2ccc(N)nc2=S)C(O)[C@H]1O. The molecule has 800 valence electrons. The van der Waals surface area contributed by atoms with Gasteiger partial charge in [-0.05, 0) is 159 Å². The van der Waals surface area contributed by atoms with Crippen LogP contribution in [0.1, 0.15) is 108 Å². The number of aliphatic hydroxyl groups excluding tert-OH is 8. The number of aromatic amines is 3. The molecule has 4 fully saturated rings. The minimum absolute atomic E-state index is 0.0134. The van der Waals surface area contributed by atoms with E-state index in [0.29, 0.717) is 4.64 Å². The Labute approximate surface area is 877 Å². The summed E-state index contributed by atoms with van der Waals surface area (Å²) in [5.41, 5.74) is -3.35. The lowest BCUT2D eigenvalue weighted by molar-refractivity contribution is -0.152. The van der Waals surface area contributed by atoms with Crippen molar-refractivity contribution in [3.63, 3.8) is 0 Å². The van der Waals surface area contributed by atoms with Crippen LogP contribution in [0.25, 0.3) is 0 Å². The van der Waals surface area contributed by atoms with E-state index in [9.17, 15) is 87.9 Å². The predicted octanol–water partition coefficient (Wildman–Crippen LogP) is 11.3. The van der Waals surface area contributed by atoms with Gasteiger partial charge in [0.2, 0.25) is 4.77 Å². The monoisotopic (exact) mass is 2220 g/mol. The second kappa shape index (κ2) is 52.8. The van der Waals surface area contributed by atoms with Crippen molar-refractivity contribution >= 4 is 121 Å². The number of para-hydroxylation sites is 4. The summed E-state index contributed by atoms with van der Waals surface area (Å²) in [5.74, 6) is 4.41. The number of esters is 4. The van der Waals surface area contributed by atoms with Gasteiger partial charge >= 0.3 is 60.0 Å². The van der Waals surface area contributed by atoms with Gasteiger partial charge in [-0.3, -0.25) is 70.3 Å². The second-order valence-corrected chi connectivity index (χ2v) is 45.6. The van der Waals surface area contributed by atoms with Crippen LogP contribution in [-0.4, -0.2) is 250 Å². The summed E-state index contributed by atoms with van der Waals surface area (Å²) in [6.07, 6.45) is 7.26. The second-order valence-electron chi connectivity index (χ2n) is 35.4. The number of aromatic nitrogens is 8. The minimum atomic E-state index is -4.11. The summed E-state index contributed by atoms with van der Waals surface area (Å²) in [6.45, 7) is 17.0. The zero-order chi connectivity index (χ0) is 110. The van der Waals surface area contributed by atoms with Crippen LogP contribution in [0.15, 0.2) is 180 Å². The zero-order valence-electron chi connectivity index (χ0n) is 82.0. The molecule has 52 heteroatoms. The third kappa shape index (κ3) is 31.7. The van der Waals surface area contributed by atoms with Crippen LogP contribution < -0.4 is 35.1 Å². The Balaban J connectivity index is 0.000000219. The Morgan fingerprint density at radius 1 is 0.378 bits per heavy atom. The molecule has 0 saturated carbocycles. The third-order valence-corrected chi connectivity index (χ3v) is 31.5. The molecule has 0 spiro atoms. The van der Waals surface area contributed by atoms with Crippen LogP contribution >= 0.6 is 91.5 Å². The normalized spacial score (nSPS) is 25.7. The number of terminal acetylenes is 4. The Kier molecular flexibility index (Phi) is 43.1. The van der Waals surface area contributed by atoms with Gasteiger partial charge in [-0.25, -0.2) is 28.0 Å². The molecule has 0 amide bonds. The molecule has 24 atom stereocenters. The Hall–Kier alpha value is -10.7. The number of anilines is 1. The molecule has 4 aliphatic heterocycles. The zero-order valence-corrected chi connectivity index (χ0v) is 89.7. The summed E-state index contributed by atoms with van der Waals surface area (Å²) >= 11 is 25.5. The molecule has 4 aromatic heterocycles. The standard InChI is InChI=1S/C24H30N3O8PS.2C24H29N2O9PS.C24H29N2O8PS2/c1-5-24(20(29)19(28)21(34-24)27-12-11-18(25)26-23(27)37)14-32-36(31,35-17-9-7-6-8-10-17)13-16(4)22(30)33-15(2)3;1-5-24(20(28)19(27)21(34-24)26-12-11-18(37)25-23(26)30)14-32-36(31,35-17-9-7-6-8-10-17)13-16(4)22(29)33-15(2)3;1-5-24(20(29)19(28)21(34-24)26-12-11-18(27)25-23(26)37)14-32-36(31,35-17-9-7-6-8-10-17)13-16(4)22(30)33-15(2)3;1-5-24(20(28)19(27)21(33-24)26-12-11-18(36)25-23(26)37)14-31-35(30,34-17-9-7-6-8-10-17)13-16(4)22(29)32-15(2)3/h1,6-12,15-16,19-21,28-29H,13-14H2,2-4H3,(H2,25,26,37);1,6-12,15-16,19-21,27-28H,13-14H2,2-4H3,(H,25,30,37);1,6-12,15-16,19-21,28-29H,13-14H2,2-4H3,(H,25,27,37);1,6-12,15-16,19-21,27-28H,13-14H2,2-4H3,(H,25,36,37)/t3*16-,19?,20-,21-,24-,36?;16-,19?,20-,21-,24-,35?/m1111/s1.